The number of nitrogens with zero attached hydrogens (tertiary/aromatic N) is 4. The zero-order chi connectivity index (χ0) is 17.9. The largest absolute Gasteiger partial charge is 0.382 e. The molecule has 2 N–H and O–H groups in total. The minimum Gasteiger partial charge on any atom is -0.382 e. The molecule has 1 aliphatic heterocycles. The molecule has 3 heterocycles. The number of anilines is 1. The number of pyridine rings is 1. The molecular formula is C20H21N5O. The highest BCUT2D eigenvalue weighted by Gasteiger charge is 2.26. The Kier molecular flexibility index (Phi) is 4.48. The normalized spacial score (nSPS) is 17.4. The van der Waals surface area contributed by atoms with E-state index in [0.717, 1.165) is 48.0 Å². The summed E-state index contributed by atoms with van der Waals surface area (Å²) < 4.78 is 0. The molecule has 1 aromatic carbocycles. The standard InChI is InChI=1S/C20H21N5O/c21-19-18(23-9-10-24-19)12-14-4-3-11-25(13-14)20(26)16-5-1-7-17-15(16)6-2-8-22-17/h1-2,5-10,14H,3-4,11-13H2,(H2,21,24). The second-order valence-corrected chi connectivity index (χ2v) is 6.73. The van der Waals surface area contributed by atoms with E-state index in [1.807, 2.05) is 35.2 Å². The highest BCUT2D eigenvalue weighted by molar-refractivity contribution is 6.06. The van der Waals surface area contributed by atoms with Crippen LogP contribution in [0.25, 0.3) is 10.9 Å². The predicted molar refractivity (Wildman–Crippen MR) is 101 cm³/mol. The van der Waals surface area contributed by atoms with Gasteiger partial charge in [0.2, 0.25) is 0 Å². The quantitative estimate of drug-likeness (QED) is 0.787. The van der Waals surface area contributed by atoms with Crippen molar-refractivity contribution < 1.29 is 4.79 Å². The molecule has 6 heteroatoms. The van der Waals surface area contributed by atoms with E-state index in [2.05, 4.69) is 15.0 Å². The molecule has 1 amide bonds. The number of hydrogen-bond donors (Lipinski definition) is 1. The second-order valence-electron chi connectivity index (χ2n) is 6.73. The number of carbonyl (C=O) groups excluding carboxylic acids is 1. The lowest BCUT2D eigenvalue weighted by molar-refractivity contribution is 0.0675. The molecule has 4 rings (SSSR count). The first-order valence-electron chi connectivity index (χ1n) is 8.91. The molecule has 0 spiro atoms. The van der Waals surface area contributed by atoms with Crippen LogP contribution in [0.4, 0.5) is 5.82 Å². The van der Waals surface area contributed by atoms with Crippen molar-refractivity contribution in [3.8, 4) is 0 Å². The number of piperidine rings is 1. The van der Waals surface area contributed by atoms with E-state index in [0.29, 0.717) is 18.3 Å². The summed E-state index contributed by atoms with van der Waals surface area (Å²) in [4.78, 5) is 27.9. The summed E-state index contributed by atoms with van der Waals surface area (Å²) in [6.45, 7) is 1.49. The third-order valence-corrected chi connectivity index (χ3v) is 4.97. The topological polar surface area (TPSA) is 85.0 Å². The Hall–Kier alpha value is -3.02. The molecule has 1 atom stereocenters. The van der Waals surface area contributed by atoms with Crippen LogP contribution in [0, 0.1) is 5.92 Å². The van der Waals surface area contributed by atoms with Crippen LogP contribution in [0.3, 0.4) is 0 Å². The monoisotopic (exact) mass is 347 g/mol. The van der Waals surface area contributed by atoms with E-state index in [1.54, 1.807) is 18.6 Å². The van der Waals surface area contributed by atoms with Gasteiger partial charge in [-0.05, 0) is 43.4 Å². The SMILES string of the molecule is Nc1nccnc1CC1CCCN(C(=O)c2cccc3ncccc23)C1. The van der Waals surface area contributed by atoms with Crippen LogP contribution in [0.1, 0.15) is 28.9 Å². The highest BCUT2D eigenvalue weighted by Crippen LogP contribution is 2.25. The number of hydrogen-bond acceptors (Lipinski definition) is 5. The third kappa shape index (κ3) is 3.22. The summed E-state index contributed by atoms with van der Waals surface area (Å²) in [5.74, 6) is 0.899. The van der Waals surface area contributed by atoms with Crippen molar-refractivity contribution in [2.45, 2.75) is 19.3 Å². The molecular weight excluding hydrogens is 326 g/mol. The fourth-order valence-electron chi connectivity index (χ4n) is 3.68. The van der Waals surface area contributed by atoms with E-state index in [-0.39, 0.29) is 5.91 Å². The molecule has 1 unspecified atom stereocenters. The van der Waals surface area contributed by atoms with Gasteiger partial charge >= 0.3 is 0 Å². The second kappa shape index (κ2) is 7.07. The van der Waals surface area contributed by atoms with Crippen molar-refractivity contribution in [1.29, 1.82) is 0 Å². The van der Waals surface area contributed by atoms with Gasteiger partial charge in [0.15, 0.2) is 0 Å². The minimum atomic E-state index is 0.0698. The summed E-state index contributed by atoms with van der Waals surface area (Å²) in [5.41, 5.74) is 8.31. The maximum Gasteiger partial charge on any atom is 0.254 e. The number of amides is 1. The van der Waals surface area contributed by atoms with Crippen LogP contribution in [0.15, 0.2) is 48.9 Å². The number of carbonyl (C=O) groups is 1. The number of benzene rings is 1. The lowest BCUT2D eigenvalue weighted by atomic mass is 9.92. The summed E-state index contributed by atoms with van der Waals surface area (Å²) in [5, 5.41) is 0.903. The lowest BCUT2D eigenvalue weighted by Crippen LogP contribution is -2.40. The van der Waals surface area contributed by atoms with Crippen LogP contribution < -0.4 is 5.73 Å². The van der Waals surface area contributed by atoms with Gasteiger partial charge in [-0.2, -0.15) is 0 Å². The molecule has 0 radical (unpaired) electrons. The Labute approximate surface area is 152 Å². The van der Waals surface area contributed by atoms with E-state index in [9.17, 15) is 4.79 Å². The molecule has 132 valence electrons. The number of nitrogen functional groups attached to an aromatic ring is 1. The van der Waals surface area contributed by atoms with Crippen LogP contribution in [-0.2, 0) is 6.42 Å². The average Bonchev–Trinajstić information content (AvgIpc) is 2.69. The van der Waals surface area contributed by atoms with Gasteiger partial charge in [-0.25, -0.2) is 4.98 Å². The maximum absolute atomic E-state index is 13.1. The van der Waals surface area contributed by atoms with Crippen molar-refractivity contribution in [2.75, 3.05) is 18.8 Å². The van der Waals surface area contributed by atoms with E-state index >= 15 is 0 Å². The van der Waals surface area contributed by atoms with Gasteiger partial charge < -0.3 is 10.6 Å². The molecule has 26 heavy (non-hydrogen) atoms. The van der Waals surface area contributed by atoms with E-state index in [4.69, 9.17) is 5.73 Å². The Morgan fingerprint density at radius 3 is 2.88 bits per heavy atom. The van der Waals surface area contributed by atoms with Gasteiger partial charge in [-0.1, -0.05) is 12.1 Å². The number of likely N-dealkylation sites (tertiary alicyclic amines) is 1. The van der Waals surface area contributed by atoms with Crippen molar-refractivity contribution in [1.82, 2.24) is 19.9 Å². The number of rotatable bonds is 3. The van der Waals surface area contributed by atoms with E-state index in [1.165, 1.54) is 0 Å². The van der Waals surface area contributed by atoms with Gasteiger partial charge in [0.05, 0.1) is 11.2 Å². The molecule has 3 aromatic rings. The Balaban J connectivity index is 1.54. The summed E-state index contributed by atoms with van der Waals surface area (Å²) in [6, 6.07) is 9.54. The first-order valence-corrected chi connectivity index (χ1v) is 8.91. The van der Waals surface area contributed by atoms with Crippen LogP contribution in [-0.4, -0.2) is 38.8 Å². The average molecular weight is 347 g/mol. The minimum absolute atomic E-state index is 0.0698. The zero-order valence-corrected chi connectivity index (χ0v) is 14.5. The lowest BCUT2D eigenvalue weighted by Gasteiger charge is -2.33. The first-order chi connectivity index (χ1) is 12.7. The molecule has 0 bridgehead atoms. The third-order valence-electron chi connectivity index (χ3n) is 4.97. The van der Waals surface area contributed by atoms with Gasteiger partial charge in [0.25, 0.3) is 5.91 Å². The van der Waals surface area contributed by atoms with Gasteiger partial charge in [-0.3, -0.25) is 14.8 Å². The van der Waals surface area contributed by atoms with Crippen LogP contribution >= 0.6 is 0 Å². The molecule has 2 aromatic heterocycles. The Morgan fingerprint density at radius 1 is 1.12 bits per heavy atom. The zero-order valence-electron chi connectivity index (χ0n) is 14.5. The smallest absolute Gasteiger partial charge is 0.254 e. The fraction of sp³-hybridized carbons (Fsp3) is 0.300. The van der Waals surface area contributed by atoms with Crippen LogP contribution in [0.2, 0.25) is 0 Å². The van der Waals surface area contributed by atoms with Crippen molar-refractivity contribution in [3.63, 3.8) is 0 Å². The predicted octanol–water partition coefficient (Wildman–Crippen LogP) is 2.70. The summed E-state index contributed by atoms with van der Waals surface area (Å²) in [6.07, 6.45) is 7.82. The fourth-order valence-corrected chi connectivity index (χ4v) is 3.68. The van der Waals surface area contributed by atoms with Crippen molar-refractivity contribution in [2.24, 2.45) is 5.92 Å². The number of nitrogens with two attached hydrogens (primary N) is 1. The summed E-state index contributed by atoms with van der Waals surface area (Å²) >= 11 is 0. The van der Waals surface area contributed by atoms with Gasteiger partial charge in [-0.15, -0.1) is 0 Å². The number of aromatic nitrogens is 3. The molecule has 0 saturated carbocycles. The Bertz CT molecular complexity index is 937. The first kappa shape index (κ1) is 16.4. The maximum atomic E-state index is 13.1. The number of fused-ring (bicyclic) bond motifs is 1. The molecule has 1 saturated heterocycles. The molecule has 0 aliphatic carbocycles. The highest BCUT2D eigenvalue weighted by atomic mass is 16.2. The van der Waals surface area contributed by atoms with Gasteiger partial charge in [0.1, 0.15) is 5.82 Å². The molecule has 1 aliphatic rings. The molecule has 6 nitrogen and oxygen atoms in total. The van der Waals surface area contributed by atoms with Crippen molar-refractivity contribution in [3.05, 3.63) is 60.2 Å². The molecule has 1 fully saturated rings. The summed E-state index contributed by atoms with van der Waals surface area (Å²) in [7, 11) is 0. The van der Waals surface area contributed by atoms with Gasteiger partial charge in [0, 0.05) is 42.6 Å². The Morgan fingerprint density at radius 2 is 2.00 bits per heavy atom. The van der Waals surface area contributed by atoms with E-state index < -0.39 is 0 Å². The van der Waals surface area contributed by atoms with Crippen molar-refractivity contribution >= 4 is 22.6 Å². The van der Waals surface area contributed by atoms with Crippen LogP contribution in [0.5, 0.6) is 0 Å².